The number of anilines is 1. The largest absolute Gasteiger partial charge is 0.461 e. The molecule has 0 aliphatic carbocycles. The zero-order valence-electron chi connectivity index (χ0n) is 9.43. The van der Waals surface area contributed by atoms with Gasteiger partial charge in [-0.3, -0.25) is 5.32 Å². The summed E-state index contributed by atoms with van der Waals surface area (Å²) in [6.07, 6.45) is 2.53. The van der Waals surface area contributed by atoms with Crippen LogP contribution in [-0.4, -0.2) is 23.2 Å². The Labute approximate surface area is 97.6 Å². The van der Waals surface area contributed by atoms with Gasteiger partial charge in [0.15, 0.2) is 0 Å². The number of methoxy groups -OCH3 is 1. The predicted molar refractivity (Wildman–Crippen MR) is 60.5 cm³/mol. The van der Waals surface area contributed by atoms with Gasteiger partial charge in [-0.2, -0.15) is 0 Å². The molecule has 17 heavy (non-hydrogen) atoms. The Kier molecular flexibility index (Phi) is 3.04. The fraction of sp³-hybridized carbons (Fsp3) is 0.182. The number of hydrogen-bond acceptors (Lipinski definition) is 5. The molecule has 6 heteroatoms. The van der Waals surface area contributed by atoms with E-state index < -0.39 is 6.09 Å². The number of aromatic nitrogens is 2. The average molecular weight is 233 g/mol. The zero-order valence-corrected chi connectivity index (χ0v) is 9.43. The molecule has 0 atom stereocenters. The Morgan fingerprint density at radius 1 is 1.35 bits per heavy atom. The smallest absolute Gasteiger partial charge is 0.413 e. The summed E-state index contributed by atoms with van der Waals surface area (Å²) < 4.78 is 9.84. The maximum atomic E-state index is 10.9. The van der Waals surface area contributed by atoms with Gasteiger partial charge in [0.2, 0.25) is 5.95 Å². The van der Waals surface area contributed by atoms with Crippen molar-refractivity contribution in [2.24, 2.45) is 0 Å². The van der Waals surface area contributed by atoms with E-state index in [0.717, 1.165) is 11.3 Å². The minimum atomic E-state index is -0.605. The number of carbonyl (C=O) groups is 1. The van der Waals surface area contributed by atoms with Gasteiger partial charge in [0, 0.05) is 12.4 Å². The van der Waals surface area contributed by atoms with Gasteiger partial charge in [-0.05, 0) is 19.1 Å². The Balaban J connectivity index is 2.15. The summed E-state index contributed by atoms with van der Waals surface area (Å²) in [4.78, 5) is 18.8. The maximum absolute atomic E-state index is 10.9. The molecule has 0 radical (unpaired) electrons. The number of rotatable bonds is 2. The highest BCUT2D eigenvalue weighted by Gasteiger charge is 2.06. The van der Waals surface area contributed by atoms with Gasteiger partial charge in [0.1, 0.15) is 11.5 Å². The molecule has 0 unspecified atom stereocenters. The quantitative estimate of drug-likeness (QED) is 0.860. The molecule has 0 aliphatic heterocycles. The first-order valence-electron chi connectivity index (χ1n) is 4.93. The van der Waals surface area contributed by atoms with E-state index in [4.69, 9.17) is 4.42 Å². The monoisotopic (exact) mass is 233 g/mol. The molecule has 2 aromatic heterocycles. The van der Waals surface area contributed by atoms with Crippen LogP contribution in [0, 0.1) is 6.92 Å². The molecule has 0 bridgehead atoms. The van der Waals surface area contributed by atoms with Gasteiger partial charge in [0.25, 0.3) is 0 Å². The van der Waals surface area contributed by atoms with E-state index >= 15 is 0 Å². The van der Waals surface area contributed by atoms with Crippen LogP contribution in [0.3, 0.4) is 0 Å². The SMILES string of the molecule is COC(=O)Nc1ncc(-c2ccc(C)o2)cn1. The fourth-order valence-electron chi connectivity index (χ4n) is 1.25. The van der Waals surface area contributed by atoms with E-state index in [1.807, 2.05) is 19.1 Å². The first kappa shape index (κ1) is 11.1. The lowest BCUT2D eigenvalue weighted by Crippen LogP contribution is -2.13. The van der Waals surface area contributed by atoms with E-state index in [1.165, 1.54) is 7.11 Å². The lowest BCUT2D eigenvalue weighted by atomic mass is 10.3. The molecule has 88 valence electrons. The Morgan fingerprint density at radius 2 is 2.06 bits per heavy atom. The minimum absolute atomic E-state index is 0.184. The van der Waals surface area contributed by atoms with Gasteiger partial charge < -0.3 is 9.15 Å². The molecular weight excluding hydrogens is 222 g/mol. The number of amides is 1. The van der Waals surface area contributed by atoms with E-state index in [2.05, 4.69) is 20.0 Å². The van der Waals surface area contributed by atoms with Crippen molar-refractivity contribution in [3.8, 4) is 11.3 Å². The first-order chi connectivity index (χ1) is 8.19. The van der Waals surface area contributed by atoms with Gasteiger partial charge in [-0.1, -0.05) is 0 Å². The number of nitrogens with zero attached hydrogens (tertiary/aromatic N) is 2. The van der Waals surface area contributed by atoms with Crippen LogP contribution in [0.4, 0.5) is 10.7 Å². The second-order valence-electron chi connectivity index (χ2n) is 3.32. The first-order valence-corrected chi connectivity index (χ1v) is 4.93. The lowest BCUT2D eigenvalue weighted by Gasteiger charge is -2.01. The van der Waals surface area contributed by atoms with Crippen LogP contribution < -0.4 is 5.32 Å². The number of furan rings is 1. The van der Waals surface area contributed by atoms with Gasteiger partial charge in [-0.15, -0.1) is 0 Å². The highest BCUT2D eigenvalue weighted by molar-refractivity contribution is 5.82. The van der Waals surface area contributed by atoms with Crippen molar-refractivity contribution in [2.45, 2.75) is 6.92 Å². The van der Waals surface area contributed by atoms with Crippen LogP contribution in [0.5, 0.6) is 0 Å². The topological polar surface area (TPSA) is 77.2 Å². The predicted octanol–water partition coefficient (Wildman–Crippen LogP) is 2.22. The van der Waals surface area contributed by atoms with Crippen LogP contribution in [0.1, 0.15) is 5.76 Å². The van der Waals surface area contributed by atoms with Crippen molar-refractivity contribution in [1.82, 2.24) is 9.97 Å². The van der Waals surface area contributed by atoms with Crippen LogP contribution in [0.25, 0.3) is 11.3 Å². The summed E-state index contributed by atoms with van der Waals surface area (Å²) in [7, 11) is 1.27. The summed E-state index contributed by atoms with van der Waals surface area (Å²) in [5.41, 5.74) is 0.744. The summed E-state index contributed by atoms with van der Waals surface area (Å²) in [6.45, 7) is 1.86. The molecule has 1 amide bonds. The summed E-state index contributed by atoms with van der Waals surface area (Å²) in [6, 6.07) is 3.69. The van der Waals surface area contributed by atoms with Crippen molar-refractivity contribution < 1.29 is 13.9 Å². The van der Waals surface area contributed by atoms with Gasteiger partial charge in [-0.25, -0.2) is 14.8 Å². The van der Waals surface area contributed by atoms with E-state index in [9.17, 15) is 4.79 Å². The molecule has 1 N–H and O–H groups in total. The molecule has 0 spiro atoms. The van der Waals surface area contributed by atoms with E-state index in [1.54, 1.807) is 12.4 Å². The highest BCUT2D eigenvalue weighted by atomic mass is 16.5. The van der Waals surface area contributed by atoms with E-state index in [-0.39, 0.29) is 5.95 Å². The van der Waals surface area contributed by atoms with Gasteiger partial charge in [0.05, 0.1) is 12.7 Å². The van der Waals surface area contributed by atoms with Crippen molar-refractivity contribution >= 4 is 12.0 Å². The number of nitrogens with one attached hydrogen (secondary N) is 1. The second kappa shape index (κ2) is 4.65. The number of hydrogen-bond donors (Lipinski definition) is 1. The third-order valence-corrected chi connectivity index (χ3v) is 2.08. The fourth-order valence-corrected chi connectivity index (χ4v) is 1.25. The van der Waals surface area contributed by atoms with Gasteiger partial charge >= 0.3 is 6.09 Å². The molecule has 2 heterocycles. The number of ether oxygens (including phenoxy) is 1. The van der Waals surface area contributed by atoms with Crippen molar-refractivity contribution in [2.75, 3.05) is 12.4 Å². The average Bonchev–Trinajstić information content (AvgIpc) is 2.77. The normalized spacial score (nSPS) is 10.0. The van der Waals surface area contributed by atoms with Crippen LogP contribution in [0.15, 0.2) is 28.9 Å². The third kappa shape index (κ3) is 2.60. The molecule has 0 aliphatic rings. The molecule has 0 fully saturated rings. The van der Waals surface area contributed by atoms with E-state index in [0.29, 0.717) is 5.76 Å². The molecule has 2 aromatic rings. The molecule has 2 rings (SSSR count). The van der Waals surface area contributed by atoms with Crippen LogP contribution in [-0.2, 0) is 4.74 Å². The molecule has 0 aromatic carbocycles. The summed E-state index contributed by atoms with van der Waals surface area (Å²) >= 11 is 0. The summed E-state index contributed by atoms with van der Waals surface area (Å²) in [5, 5.41) is 2.36. The lowest BCUT2D eigenvalue weighted by molar-refractivity contribution is 0.186. The van der Waals surface area contributed by atoms with Crippen molar-refractivity contribution in [3.05, 3.63) is 30.3 Å². The Bertz CT molecular complexity index is 519. The zero-order chi connectivity index (χ0) is 12.3. The minimum Gasteiger partial charge on any atom is -0.461 e. The standard InChI is InChI=1S/C11H11N3O3/c1-7-3-4-9(17-7)8-5-12-10(13-6-8)14-11(15)16-2/h3-6H,1-2H3,(H,12,13,14,15). The van der Waals surface area contributed by atoms with Crippen molar-refractivity contribution in [3.63, 3.8) is 0 Å². The van der Waals surface area contributed by atoms with Crippen molar-refractivity contribution in [1.29, 1.82) is 0 Å². The summed E-state index contributed by atoms with van der Waals surface area (Å²) in [5.74, 6) is 1.69. The highest BCUT2D eigenvalue weighted by Crippen LogP contribution is 2.20. The maximum Gasteiger partial charge on any atom is 0.413 e. The third-order valence-electron chi connectivity index (χ3n) is 2.08. The number of aryl methyl sites for hydroxylation is 1. The Morgan fingerprint density at radius 3 is 2.59 bits per heavy atom. The number of carbonyl (C=O) groups excluding carboxylic acids is 1. The molecule has 0 saturated heterocycles. The Hall–Kier alpha value is -2.37. The van der Waals surface area contributed by atoms with Crippen LogP contribution in [0.2, 0.25) is 0 Å². The molecule has 0 saturated carbocycles. The van der Waals surface area contributed by atoms with Crippen LogP contribution >= 0.6 is 0 Å². The molecular formula is C11H11N3O3. The molecule has 6 nitrogen and oxygen atoms in total. The second-order valence-corrected chi connectivity index (χ2v) is 3.32.